The Hall–Kier alpha value is -3.75. The molecule has 2 aromatic rings. The molecule has 0 atom stereocenters. The normalized spacial score (nSPS) is 10.9. The van der Waals surface area contributed by atoms with Gasteiger partial charge in [-0.25, -0.2) is 9.59 Å². The summed E-state index contributed by atoms with van der Waals surface area (Å²) in [5, 5.41) is 11.9. The van der Waals surface area contributed by atoms with Gasteiger partial charge in [-0.1, -0.05) is 12.1 Å². The standard InChI is InChI=1S/C23H28N2O7/c1-23(2,3)32-22(29)25-12-7-13-31-17-9-6-5-8-14(17)19(26)16-11-10-15(21(27)28)18(24)20(16)30-4/h5-6,8-11H,7,12-13,24H2,1-4H3,(H,25,29)(H,27,28). The molecule has 0 aliphatic heterocycles. The van der Waals surface area contributed by atoms with Crippen molar-refractivity contribution in [3.8, 4) is 11.5 Å². The van der Waals surface area contributed by atoms with Gasteiger partial charge < -0.3 is 30.4 Å². The highest BCUT2D eigenvalue weighted by Gasteiger charge is 2.23. The van der Waals surface area contributed by atoms with Gasteiger partial charge in [0, 0.05) is 6.54 Å². The summed E-state index contributed by atoms with van der Waals surface area (Å²) in [6, 6.07) is 9.28. The lowest BCUT2D eigenvalue weighted by atomic mass is 9.98. The van der Waals surface area contributed by atoms with Gasteiger partial charge in [-0.15, -0.1) is 0 Å². The number of carbonyl (C=O) groups excluding carboxylic acids is 2. The molecule has 0 heterocycles. The van der Waals surface area contributed by atoms with Gasteiger partial charge >= 0.3 is 12.1 Å². The summed E-state index contributed by atoms with van der Waals surface area (Å²) in [6.45, 7) is 5.92. The van der Waals surface area contributed by atoms with E-state index in [1.54, 1.807) is 45.0 Å². The smallest absolute Gasteiger partial charge is 0.407 e. The van der Waals surface area contributed by atoms with Crippen LogP contribution in [0.5, 0.6) is 11.5 Å². The van der Waals surface area contributed by atoms with Crippen molar-refractivity contribution in [3.63, 3.8) is 0 Å². The largest absolute Gasteiger partial charge is 0.494 e. The van der Waals surface area contributed by atoms with Crippen molar-refractivity contribution in [2.24, 2.45) is 0 Å². The maximum absolute atomic E-state index is 13.2. The summed E-state index contributed by atoms with van der Waals surface area (Å²) in [7, 11) is 1.31. The van der Waals surface area contributed by atoms with E-state index in [0.717, 1.165) is 0 Å². The van der Waals surface area contributed by atoms with Gasteiger partial charge in [0.2, 0.25) is 5.78 Å². The number of ketones is 1. The molecule has 9 heteroatoms. The third-order valence-corrected chi connectivity index (χ3v) is 4.25. The molecule has 0 radical (unpaired) electrons. The lowest BCUT2D eigenvalue weighted by molar-refractivity contribution is 0.0524. The number of nitrogens with one attached hydrogen (secondary N) is 1. The molecule has 172 valence electrons. The molecule has 2 aromatic carbocycles. The molecule has 0 fully saturated rings. The van der Waals surface area contributed by atoms with Crippen molar-refractivity contribution >= 4 is 23.5 Å². The fourth-order valence-corrected chi connectivity index (χ4v) is 2.87. The van der Waals surface area contributed by atoms with E-state index in [4.69, 9.17) is 19.9 Å². The highest BCUT2D eigenvalue weighted by atomic mass is 16.6. The molecule has 0 unspecified atom stereocenters. The SMILES string of the molecule is COc1c(C(=O)c2ccccc2OCCCNC(=O)OC(C)(C)C)ccc(C(=O)O)c1N. The second kappa shape index (κ2) is 10.5. The Morgan fingerprint density at radius 3 is 2.31 bits per heavy atom. The van der Waals surface area contributed by atoms with Crippen LogP contribution in [0.15, 0.2) is 36.4 Å². The van der Waals surface area contributed by atoms with Crippen molar-refractivity contribution in [1.82, 2.24) is 5.32 Å². The van der Waals surface area contributed by atoms with Crippen molar-refractivity contribution in [3.05, 3.63) is 53.1 Å². The number of amides is 1. The zero-order chi connectivity index (χ0) is 23.9. The van der Waals surface area contributed by atoms with Gasteiger partial charge in [-0.05, 0) is 51.5 Å². The Kier molecular flexibility index (Phi) is 8.06. The molecule has 0 aromatic heterocycles. The Morgan fingerprint density at radius 1 is 1.03 bits per heavy atom. The van der Waals surface area contributed by atoms with Gasteiger partial charge in [-0.3, -0.25) is 4.79 Å². The zero-order valence-corrected chi connectivity index (χ0v) is 18.6. The molecule has 0 saturated carbocycles. The van der Waals surface area contributed by atoms with Crippen LogP contribution in [0.3, 0.4) is 0 Å². The van der Waals surface area contributed by atoms with Gasteiger partial charge in [-0.2, -0.15) is 0 Å². The highest BCUT2D eigenvalue weighted by molar-refractivity contribution is 6.14. The van der Waals surface area contributed by atoms with E-state index in [2.05, 4.69) is 5.32 Å². The summed E-state index contributed by atoms with van der Waals surface area (Å²) in [5.41, 5.74) is 5.43. The quantitative estimate of drug-likeness (QED) is 0.304. The predicted octanol–water partition coefficient (Wildman–Crippen LogP) is 3.50. The molecule has 2 rings (SSSR count). The number of ether oxygens (including phenoxy) is 3. The Labute approximate surface area is 186 Å². The number of para-hydroxylation sites is 1. The van der Waals surface area contributed by atoms with Crippen LogP contribution in [0, 0.1) is 0 Å². The number of aromatic carboxylic acids is 1. The third kappa shape index (κ3) is 6.37. The van der Waals surface area contributed by atoms with Crippen molar-refractivity contribution in [2.45, 2.75) is 32.8 Å². The molecule has 4 N–H and O–H groups in total. The first-order valence-corrected chi connectivity index (χ1v) is 9.98. The number of rotatable bonds is 9. The van der Waals surface area contributed by atoms with E-state index < -0.39 is 23.4 Å². The molecule has 0 spiro atoms. The number of carbonyl (C=O) groups is 3. The average molecular weight is 444 g/mol. The summed E-state index contributed by atoms with van der Waals surface area (Å²) >= 11 is 0. The third-order valence-electron chi connectivity index (χ3n) is 4.25. The van der Waals surface area contributed by atoms with E-state index in [9.17, 15) is 19.5 Å². The van der Waals surface area contributed by atoms with Crippen LogP contribution in [0.4, 0.5) is 10.5 Å². The van der Waals surface area contributed by atoms with Crippen molar-refractivity contribution < 1.29 is 33.7 Å². The topological polar surface area (TPSA) is 137 Å². The second-order valence-corrected chi connectivity index (χ2v) is 7.87. The molecule has 0 bridgehead atoms. The number of benzene rings is 2. The fourth-order valence-electron chi connectivity index (χ4n) is 2.87. The van der Waals surface area contributed by atoms with E-state index in [-0.39, 0.29) is 34.7 Å². The number of nitrogens with two attached hydrogens (primary N) is 1. The fraction of sp³-hybridized carbons (Fsp3) is 0.348. The van der Waals surface area contributed by atoms with Crippen LogP contribution in [0.25, 0.3) is 0 Å². The monoisotopic (exact) mass is 444 g/mol. The predicted molar refractivity (Wildman–Crippen MR) is 119 cm³/mol. The van der Waals surface area contributed by atoms with E-state index in [1.165, 1.54) is 19.2 Å². The van der Waals surface area contributed by atoms with Crippen LogP contribution < -0.4 is 20.5 Å². The van der Waals surface area contributed by atoms with E-state index in [0.29, 0.717) is 18.7 Å². The Bertz CT molecular complexity index is 996. The minimum Gasteiger partial charge on any atom is -0.494 e. The van der Waals surface area contributed by atoms with Crippen LogP contribution in [-0.2, 0) is 4.74 Å². The van der Waals surface area contributed by atoms with E-state index >= 15 is 0 Å². The van der Waals surface area contributed by atoms with Crippen LogP contribution in [-0.4, -0.2) is 48.8 Å². The molecular formula is C23H28N2O7. The number of methoxy groups -OCH3 is 1. The summed E-state index contributed by atoms with van der Waals surface area (Å²) < 4.78 is 16.1. The number of carboxylic acid groups (broad SMARTS) is 1. The van der Waals surface area contributed by atoms with Crippen molar-refractivity contribution in [2.75, 3.05) is 26.0 Å². The second-order valence-electron chi connectivity index (χ2n) is 7.87. The highest BCUT2D eigenvalue weighted by Crippen LogP contribution is 2.33. The van der Waals surface area contributed by atoms with E-state index in [1.807, 2.05) is 0 Å². The lowest BCUT2D eigenvalue weighted by Crippen LogP contribution is -2.33. The zero-order valence-electron chi connectivity index (χ0n) is 18.6. The first-order valence-electron chi connectivity index (χ1n) is 9.98. The number of carboxylic acids is 1. The summed E-state index contributed by atoms with van der Waals surface area (Å²) in [6.07, 6.45) is -0.0201. The maximum Gasteiger partial charge on any atom is 0.407 e. The molecule has 0 aliphatic rings. The Morgan fingerprint density at radius 2 is 1.69 bits per heavy atom. The van der Waals surface area contributed by atoms with Gasteiger partial charge in [0.25, 0.3) is 0 Å². The number of anilines is 1. The minimum atomic E-state index is -1.22. The molecule has 32 heavy (non-hydrogen) atoms. The number of hydrogen-bond donors (Lipinski definition) is 3. The molecule has 0 aliphatic carbocycles. The Balaban J connectivity index is 2.09. The first-order chi connectivity index (χ1) is 15.0. The number of alkyl carbamates (subject to hydrolysis) is 1. The molecule has 1 amide bonds. The molecule has 9 nitrogen and oxygen atoms in total. The summed E-state index contributed by atoms with van der Waals surface area (Å²) in [4.78, 5) is 36.1. The number of nitrogen functional groups attached to an aromatic ring is 1. The van der Waals surface area contributed by atoms with Gasteiger partial charge in [0.05, 0.1) is 36.1 Å². The van der Waals surface area contributed by atoms with Gasteiger partial charge in [0.15, 0.2) is 5.75 Å². The molecular weight excluding hydrogens is 416 g/mol. The van der Waals surface area contributed by atoms with Crippen molar-refractivity contribution in [1.29, 1.82) is 0 Å². The number of hydrogen-bond acceptors (Lipinski definition) is 7. The maximum atomic E-state index is 13.2. The minimum absolute atomic E-state index is 0.00809. The van der Waals surface area contributed by atoms with Gasteiger partial charge in [0.1, 0.15) is 11.4 Å². The first kappa shape index (κ1) is 24.5. The van der Waals surface area contributed by atoms with Crippen LogP contribution in [0.2, 0.25) is 0 Å². The lowest BCUT2D eigenvalue weighted by Gasteiger charge is -2.19. The van der Waals surface area contributed by atoms with Crippen LogP contribution in [0.1, 0.15) is 53.5 Å². The molecule has 0 saturated heterocycles. The van der Waals surface area contributed by atoms with Crippen LogP contribution >= 0.6 is 0 Å². The summed E-state index contributed by atoms with van der Waals surface area (Å²) in [5.74, 6) is -1.31. The average Bonchev–Trinajstić information content (AvgIpc) is 2.71.